The zero-order valence-corrected chi connectivity index (χ0v) is 25.5. The van der Waals surface area contributed by atoms with Gasteiger partial charge in [0.15, 0.2) is 6.10 Å². The zero-order chi connectivity index (χ0) is 29.8. The molecule has 0 aliphatic rings. The molecule has 0 fully saturated rings. The van der Waals surface area contributed by atoms with E-state index in [-0.39, 0.29) is 12.8 Å². The third kappa shape index (κ3) is 23.0. The predicted molar refractivity (Wildman–Crippen MR) is 156 cm³/mol. The van der Waals surface area contributed by atoms with Crippen LogP contribution in [0.25, 0.3) is 0 Å². The van der Waals surface area contributed by atoms with Crippen molar-refractivity contribution in [1.29, 1.82) is 0 Å². The maximum Gasteiger partial charge on any atom is 0.385 e. The van der Waals surface area contributed by atoms with Crippen molar-refractivity contribution in [2.75, 3.05) is 0 Å². The van der Waals surface area contributed by atoms with Gasteiger partial charge in [-0.3, -0.25) is 14.4 Å². The van der Waals surface area contributed by atoms with Crippen LogP contribution in [0.15, 0.2) is 0 Å². The van der Waals surface area contributed by atoms with Crippen LogP contribution in [0.3, 0.4) is 0 Å². The first kappa shape index (κ1) is 38.2. The summed E-state index contributed by atoms with van der Waals surface area (Å²) in [6.07, 6.45) is 20.2. The van der Waals surface area contributed by atoms with E-state index in [1.54, 1.807) is 0 Å². The highest BCUT2D eigenvalue weighted by Crippen LogP contribution is 2.14. The lowest BCUT2D eigenvalue weighted by Gasteiger charge is -2.16. The summed E-state index contributed by atoms with van der Waals surface area (Å²) in [5.74, 6) is -4.72. The summed E-state index contributed by atoms with van der Waals surface area (Å²) >= 11 is 0. The molecule has 0 saturated carbocycles. The molecule has 0 spiro atoms. The van der Waals surface area contributed by atoms with Crippen LogP contribution >= 0.6 is 0 Å². The average molecular weight is 571 g/mol. The van der Waals surface area contributed by atoms with Crippen molar-refractivity contribution >= 4 is 23.7 Å². The number of carbonyl (C=O) groups is 4. The largest absolute Gasteiger partial charge is 0.433 e. The van der Waals surface area contributed by atoms with Gasteiger partial charge in [0.1, 0.15) is 0 Å². The van der Waals surface area contributed by atoms with Crippen molar-refractivity contribution in [3.05, 3.63) is 0 Å². The van der Waals surface area contributed by atoms with E-state index in [0.29, 0.717) is 12.8 Å². The average Bonchev–Trinajstić information content (AvgIpc) is 2.93. The van der Waals surface area contributed by atoms with Crippen molar-refractivity contribution in [2.45, 2.75) is 180 Å². The Morgan fingerprint density at radius 3 is 1.20 bits per heavy atom. The third-order valence-electron chi connectivity index (χ3n) is 7.17. The van der Waals surface area contributed by atoms with Gasteiger partial charge in [0.25, 0.3) is 5.78 Å². The smallest absolute Gasteiger partial charge is 0.385 e. The quantitative estimate of drug-likeness (QED) is 0.0331. The maximum absolute atomic E-state index is 12.0. The molecule has 0 bridgehead atoms. The Labute approximate surface area is 243 Å². The molecular formula is C32H58O8. The van der Waals surface area contributed by atoms with Crippen LogP contribution in [0.2, 0.25) is 0 Å². The molecule has 0 heterocycles. The second kappa shape index (κ2) is 27.4. The fourth-order valence-corrected chi connectivity index (χ4v) is 4.58. The molecule has 8 nitrogen and oxygen atoms in total. The molecule has 8 heteroatoms. The molecule has 2 N–H and O–H groups in total. The minimum atomic E-state index is -2.30. The number of ketones is 1. The summed E-state index contributed by atoms with van der Waals surface area (Å²) in [4.78, 5) is 47.6. The lowest BCUT2D eigenvalue weighted by molar-refractivity contribution is -0.192. The summed E-state index contributed by atoms with van der Waals surface area (Å²) in [5.41, 5.74) is 0. The molecule has 0 rings (SSSR count). The molecule has 234 valence electrons. The number of ether oxygens (including phenoxy) is 2. The Balaban J connectivity index is 3.87. The highest BCUT2D eigenvalue weighted by atomic mass is 16.6. The van der Waals surface area contributed by atoms with Gasteiger partial charge in [-0.1, -0.05) is 142 Å². The van der Waals surface area contributed by atoms with Crippen molar-refractivity contribution < 1.29 is 38.9 Å². The summed E-state index contributed by atoms with van der Waals surface area (Å²) in [7, 11) is 0. The van der Waals surface area contributed by atoms with E-state index in [1.165, 1.54) is 89.9 Å². The highest BCUT2D eigenvalue weighted by molar-refractivity contribution is 6.37. The topological polar surface area (TPSA) is 127 Å². The second-order valence-electron chi connectivity index (χ2n) is 11.0. The SMILES string of the molecule is CCCCCCCCCCCCCC(=O)OC(=O)C(=O)C(O)C(O)OC(=O)CCCCCCCCCCCCC. The van der Waals surface area contributed by atoms with Gasteiger partial charge in [0.05, 0.1) is 0 Å². The molecule has 0 aliphatic carbocycles. The van der Waals surface area contributed by atoms with E-state index < -0.39 is 36.1 Å². The van der Waals surface area contributed by atoms with Crippen LogP contribution in [0.1, 0.15) is 168 Å². The molecule has 0 radical (unpaired) electrons. The van der Waals surface area contributed by atoms with Gasteiger partial charge >= 0.3 is 17.9 Å². The number of aliphatic hydroxyl groups is 2. The Morgan fingerprint density at radius 2 is 0.825 bits per heavy atom. The lowest BCUT2D eigenvalue weighted by atomic mass is 10.1. The van der Waals surface area contributed by atoms with Gasteiger partial charge in [-0.25, -0.2) is 4.79 Å². The van der Waals surface area contributed by atoms with Gasteiger partial charge in [0.2, 0.25) is 6.29 Å². The van der Waals surface area contributed by atoms with E-state index in [4.69, 9.17) is 0 Å². The van der Waals surface area contributed by atoms with E-state index in [0.717, 1.165) is 38.5 Å². The Hall–Kier alpha value is -1.80. The monoisotopic (exact) mass is 570 g/mol. The molecule has 2 unspecified atom stereocenters. The molecule has 0 saturated heterocycles. The summed E-state index contributed by atoms with van der Waals surface area (Å²) < 4.78 is 9.16. The van der Waals surface area contributed by atoms with Crippen LogP contribution < -0.4 is 0 Å². The molecule has 40 heavy (non-hydrogen) atoms. The minimum absolute atomic E-state index is 0.0113. The normalized spacial score (nSPS) is 12.6. The van der Waals surface area contributed by atoms with Gasteiger partial charge in [-0.05, 0) is 12.8 Å². The van der Waals surface area contributed by atoms with Crippen molar-refractivity contribution in [2.24, 2.45) is 0 Å². The molecule has 0 aromatic carbocycles. The number of aliphatic hydroxyl groups excluding tert-OH is 2. The molecule has 2 atom stereocenters. The minimum Gasteiger partial charge on any atom is -0.433 e. The summed E-state index contributed by atoms with van der Waals surface area (Å²) in [5, 5.41) is 19.7. The third-order valence-corrected chi connectivity index (χ3v) is 7.17. The summed E-state index contributed by atoms with van der Waals surface area (Å²) in [6, 6.07) is 0. The van der Waals surface area contributed by atoms with Crippen molar-refractivity contribution in [1.82, 2.24) is 0 Å². The first-order chi connectivity index (χ1) is 19.3. The number of unbranched alkanes of at least 4 members (excludes halogenated alkanes) is 20. The number of Topliss-reactive ketones (excluding diaryl/α,β-unsaturated/α-hetero) is 1. The standard InChI is InChI=1S/C32H58O8/c1-3-5-7-9-11-13-15-17-19-21-23-25-27(33)39-31(37)29(35)30(36)32(38)40-28(34)26-24-22-20-18-16-14-12-10-8-6-4-2/h29,31,35,37H,3-26H2,1-2H3. The van der Waals surface area contributed by atoms with Gasteiger partial charge < -0.3 is 19.7 Å². The molecule has 0 aromatic rings. The number of esters is 3. The van der Waals surface area contributed by atoms with Crippen LogP contribution in [0.5, 0.6) is 0 Å². The maximum atomic E-state index is 12.0. The second-order valence-corrected chi connectivity index (χ2v) is 11.0. The Bertz CT molecular complexity index is 663. The van der Waals surface area contributed by atoms with Crippen molar-refractivity contribution in [3.63, 3.8) is 0 Å². The first-order valence-corrected chi connectivity index (χ1v) is 16.2. The molecular weight excluding hydrogens is 512 g/mol. The van der Waals surface area contributed by atoms with Gasteiger partial charge in [-0.15, -0.1) is 0 Å². The van der Waals surface area contributed by atoms with Gasteiger partial charge in [0, 0.05) is 12.8 Å². The number of hydrogen-bond acceptors (Lipinski definition) is 8. The number of carbonyl (C=O) groups excluding carboxylic acids is 4. The number of hydrogen-bond donors (Lipinski definition) is 2. The predicted octanol–water partition coefficient (Wildman–Crippen LogP) is 7.25. The fraction of sp³-hybridized carbons (Fsp3) is 0.875. The number of rotatable bonds is 28. The Kier molecular flexibility index (Phi) is 26.1. The molecule has 0 amide bonds. The van der Waals surface area contributed by atoms with E-state index in [2.05, 4.69) is 23.3 Å². The molecule has 0 aromatic heterocycles. The van der Waals surface area contributed by atoms with Crippen LogP contribution in [0.4, 0.5) is 0 Å². The lowest BCUT2D eigenvalue weighted by Crippen LogP contribution is -2.42. The van der Waals surface area contributed by atoms with E-state index in [9.17, 15) is 29.4 Å². The van der Waals surface area contributed by atoms with Crippen LogP contribution in [-0.2, 0) is 28.7 Å². The van der Waals surface area contributed by atoms with Crippen LogP contribution in [-0.4, -0.2) is 46.3 Å². The zero-order valence-electron chi connectivity index (χ0n) is 25.5. The van der Waals surface area contributed by atoms with Crippen LogP contribution in [0, 0.1) is 0 Å². The van der Waals surface area contributed by atoms with E-state index >= 15 is 0 Å². The van der Waals surface area contributed by atoms with Gasteiger partial charge in [-0.2, -0.15) is 0 Å². The summed E-state index contributed by atoms with van der Waals surface area (Å²) in [6.45, 7) is 4.41. The molecule has 0 aliphatic heterocycles. The fourth-order valence-electron chi connectivity index (χ4n) is 4.58. The first-order valence-electron chi connectivity index (χ1n) is 16.2. The van der Waals surface area contributed by atoms with Crippen molar-refractivity contribution in [3.8, 4) is 0 Å². The highest BCUT2D eigenvalue weighted by Gasteiger charge is 2.34. The Morgan fingerprint density at radius 1 is 0.500 bits per heavy atom. The van der Waals surface area contributed by atoms with E-state index in [1.807, 2.05) is 0 Å².